The first-order valence-electron chi connectivity index (χ1n) is 6.13. The van der Waals surface area contributed by atoms with Gasteiger partial charge in [-0.05, 0) is 24.7 Å². The Morgan fingerprint density at radius 2 is 1.88 bits per heavy atom. The highest BCUT2D eigenvalue weighted by Gasteiger charge is 2.28. The van der Waals surface area contributed by atoms with Crippen molar-refractivity contribution in [1.29, 1.82) is 0 Å². The Bertz CT molecular complexity index is 294. The third-order valence-corrected chi connectivity index (χ3v) is 4.77. The molecule has 0 aliphatic heterocycles. The number of aliphatic hydroxyl groups excluding tert-OH is 1. The zero-order chi connectivity index (χ0) is 12.2. The molecule has 0 bridgehead atoms. The molecular formula is C11H23NO3S. The van der Waals surface area contributed by atoms with Crippen molar-refractivity contribution in [1.82, 2.24) is 4.72 Å². The quantitative estimate of drug-likeness (QED) is 0.677. The van der Waals surface area contributed by atoms with E-state index in [1.807, 2.05) is 13.8 Å². The van der Waals surface area contributed by atoms with Crippen molar-refractivity contribution in [2.24, 2.45) is 11.8 Å². The zero-order valence-corrected chi connectivity index (χ0v) is 11.0. The van der Waals surface area contributed by atoms with Gasteiger partial charge in [0.25, 0.3) is 0 Å². The summed E-state index contributed by atoms with van der Waals surface area (Å²) in [5.41, 5.74) is 0. The molecule has 1 aliphatic rings. The average Bonchev–Trinajstić information content (AvgIpc) is 3.00. The summed E-state index contributed by atoms with van der Waals surface area (Å²) in [5.74, 6) is 0.759. The highest BCUT2D eigenvalue weighted by molar-refractivity contribution is 7.89. The molecule has 0 aromatic carbocycles. The molecule has 0 aromatic heterocycles. The van der Waals surface area contributed by atoms with Gasteiger partial charge < -0.3 is 5.11 Å². The standard InChI is InChI=1S/C11H23NO3S/c1-3-10(4-2)11(13)7-12-16(14,15)8-9-5-6-9/h9-13H,3-8H2,1-2H3. The second-order valence-electron chi connectivity index (χ2n) is 4.72. The molecule has 1 fully saturated rings. The minimum absolute atomic E-state index is 0.154. The molecule has 1 aliphatic carbocycles. The van der Waals surface area contributed by atoms with Gasteiger partial charge in [0.15, 0.2) is 0 Å². The van der Waals surface area contributed by atoms with Crippen molar-refractivity contribution < 1.29 is 13.5 Å². The van der Waals surface area contributed by atoms with E-state index in [0.717, 1.165) is 25.7 Å². The number of rotatable bonds is 8. The van der Waals surface area contributed by atoms with Crippen LogP contribution in [0.1, 0.15) is 39.5 Å². The second kappa shape index (κ2) is 5.98. The lowest BCUT2D eigenvalue weighted by molar-refractivity contribution is 0.107. The Hall–Kier alpha value is -0.130. The molecule has 0 aromatic rings. The van der Waals surface area contributed by atoms with E-state index in [1.54, 1.807) is 0 Å². The molecule has 16 heavy (non-hydrogen) atoms. The van der Waals surface area contributed by atoms with E-state index in [1.165, 1.54) is 0 Å². The highest BCUT2D eigenvalue weighted by Crippen LogP contribution is 2.29. The lowest BCUT2D eigenvalue weighted by atomic mass is 9.97. The van der Waals surface area contributed by atoms with Crippen molar-refractivity contribution in [3.63, 3.8) is 0 Å². The predicted octanol–water partition coefficient (Wildman–Crippen LogP) is 1.11. The molecule has 1 unspecified atom stereocenters. The molecule has 0 spiro atoms. The van der Waals surface area contributed by atoms with Gasteiger partial charge in [0.05, 0.1) is 11.9 Å². The van der Waals surface area contributed by atoms with Crippen LogP contribution in [0.15, 0.2) is 0 Å². The van der Waals surface area contributed by atoms with E-state index < -0.39 is 16.1 Å². The van der Waals surface area contributed by atoms with Crippen LogP contribution in [-0.2, 0) is 10.0 Å². The molecule has 5 heteroatoms. The van der Waals surface area contributed by atoms with E-state index in [4.69, 9.17) is 0 Å². The SMILES string of the molecule is CCC(CC)C(O)CNS(=O)(=O)CC1CC1. The fraction of sp³-hybridized carbons (Fsp3) is 1.00. The van der Waals surface area contributed by atoms with Gasteiger partial charge >= 0.3 is 0 Å². The number of sulfonamides is 1. The van der Waals surface area contributed by atoms with Gasteiger partial charge in [-0.1, -0.05) is 26.7 Å². The first kappa shape index (κ1) is 13.9. The number of aliphatic hydroxyl groups is 1. The Labute approximate surface area is 98.5 Å². The average molecular weight is 249 g/mol. The second-order valence-corrected chi connectivity index (χ2v) is 6.57. The summed E-state index contributed by atoms with van der Waals surface area (Å²) in [4.78, 5) is 0. The van der Waals surface area contributed by atoms with Gasteiger partial charge in [0.2, 0.25) is 10.0 Å². The van der Waals surface area contributed by atoms with Crippen molar-refractivity contribution in [3.05, 3.63) is 0 Å². The van der Waals surface area contributed by atoms with E-state index in [9.17, 15) is 13.5 Å². The number of hydrogen-bond acceptors (Lipinski definition) is 3. The molecular weight excluding hydrogens is 226 g/mol. The first-order chi connectivity index (χ1) is 7.48. The van der Waals surface area contributed by atoms with Crippen LogP contribution in [0.4, 0.5) is 0 Å². The molecule has 0 radical (unpaired) electrons. The Morgan fingerprint density at radius 3 is 2.31 bits per heavy atom. The van der Waals surface area contributed by atoms with Gasteiger partial charge in [0.1, 0.15) is 0 Å². The van der Waals surface area contributed by atoms with E-state index in [-0.39, 0.29) is 18.2 Å². The summed E-state index contributed by atoms with van der Waals surface area (Å²) in [5, 5.41) is 9.80. The first-order valence-corrected chi connectivity index (χ1v) is 7.79. The number of nitrogens with one attached hydrogen (secondary N) is 1. The van der Waals surface area contributed by atoms with Crippen LogP contribution in [0.5, 0.6) is 0 Å². The lowest BCUT2D eigenvalue weighted by Gasteiger charge is -2.20. The lowest BCUT2D eigenvalue weighted by Crippen LogP contribution is -2.37. The molecule has 0 heterocycles. The van der Waals surface area contributed by atoms with Crippen LogP contribution < -0.4 is 4.72 Å². The topological polar surface area (TPSA) is 66.4 Å². The maximum absolute atomic E-state index is 11.6. The fourth-order valence-corrected chi connectivity index (χ4v) is 3.36. The molecule has 1 atom stereocenters. The molecule has 0 amide bonds. The van der Waals surface area contributed by atoms with Gasteiger partial charge in [0, 0.05) is 6.54 Å². The predicted molar refractivity (Wildman–Crippen MR) is 64.6 cm³/mol. The summed E-state index contributed by atoms with van der Waals surface area (Å²) in [6.07, 6.45) is 3.24. The van der Waals surface area contributed by atoms with Crippen LogP contribution in [0.25, 0.3) is 0 Å². The summed E-state index contributed by atoms with van der Waals surface area (Å²) >= 11 is 0. The zero-order valence-electron chi connectivity index (χ0n) is 10.1. The van der Waals surface area contributed by atoms with E-state index in [0.29, 0.717) is 5.92 Å². The molecule has 0 saturated heterocycles. The summed E-state index contributed by atoms with van der Waals surface area (Å²) in [6.45, 7) is 4.17. The summed E-state index contributed by atoms with van der Waals surface area (Å²) in [6, 6.07) is 0. The van der Waals surface area contributed by atoms with Crippen LogP contribution in [0.3, 0.4) is 0 Å². The maximum Gasteiger partial charge on any atom is 0.211 e. The van der Waals surface area contributed by atoms with Crippen LogP contribution in [-0.4, -0.2) is 31.9 Å². The summed E-state index contributed by atoms with van der Waals surface area (Å²) < 4.78 is 25.6. The van der Waals surface area contributed by atoms with Gasteiger partial charge in [-0.2, -0.15) is 0 Å². The third-order valence-electron chi connectivity index (χ3n) is 3.26. The molecule has 1 rings (SSSR count). The summed E-state index contributed by atoms with van der Waals surface area (Å²) in [7, 11) is -3.17. The maximum atomic E-state index is 11.6. The van der Waals surface area contributed by atoms with E-state index >= 15 is 0 Å². The smallest absolute Gasteiger partial charge is 0.211 e. The minimum atomic E-state index is -3.17. The number of hydrogen-bond donors (Lipinski definition) is 2. The van der Waals surface area contributed by atoms with Crippen LogP contribution in [0.2, 0.25) is 0 Å². The highest BCUT2D eigenvalue weighted by atomic mass is 32.2. The minimum Gasteiger partial charge on any atom is -0.391 e. The molecule has 4 nitrogen and oxygen atoms in total. The van der Waals surface area contributed by atoms with Gasteiger partial charge in [-0.25, -0.2) is 13.1 Å². The van der Waals surface area contributed by atoms with Crippen LogP contribution >= 0.6 is 0 Å². The Morgan fingerprint density at radius 1 is 1.31 bits per heavy atom. The molecule has 2 N–H and O–H groups in total. The Kier molecular flexibility index (Phi) is 5.21. The van der Waals surface area contributed by atoms with Gasteiger partial charge in [-0.15, -0.1) is 0 Å². The normalized spacial score (nSPS) is 19.0. The molecule has 1 saturated carbocycles. The molecule has 96 valence electrons. The third kappa shape index (κ3) is 4.80. The van der Waals surface area contributed by atoms with Gasteiger partial charge in [-0.3, -0.25) is 0 Å². The van der Waals surface area contributed by atoms with E-state index in [2.05, 4.69) is 4.72 Å². The van der Waals surface area contributed by atoms with Crippen molar-refractivity contribution in [3.8, 4) is 0 Å². The Balaban J connectivity index is 2.31. The fourth-order valence-electron chi connectivity index (χ4n) is 1.87. The van der Waals surface area contributed by atoms with Crippen molar-refractivity contribution in [2.45, 2.75) is 45.6 Å². The van der Waals surface area contributed by atoms with Crippen molar-refractivity contribution in [2.75, 3.05) is 12.3 Å². The van der Waals surface area contributed by atoms with Crippen LogP contribution in [0, 0.1) is 11.8 Å². The monoisotopic (exact) mass is 249 g/mol. The van der Waals surface area contributed by atoms with Crippen molar-refractivity contribution >= 4 is 10.0 Å². The largest absolute Gasteiger partial charge is 0.391 e.